The average molecular weight is 165 g/mol. The fraction of sp³-hybridized carbons (Fsp3) is 0.400. The average Bonchev–Trinajstić information content (AvgIpc) is 2.15. The molecule has 0 heterocycles. The van der Waals surface area contributed by atoms with Crippen LogP contribution in [0, 0.1) is 0 Å². The Labute approximate surface area is 73.2 Å². The number of hydrogen-bond donors (Lipinski definition) is 2. The maximum absolute atomic E-state index is 9.05. The molecule has 0 aliphatic carbocycles. The van der Waals surface area contributed by atoms with Gasteiger partial charge in [0, 0.05) is 0 Å². The second kappa shape index (κ2) is 4.91. The first-order valence-corrected chi connectivity index (χ1v) is 4.27. The molecule has 66 valence electrons. The van der Waals surface area contributed by atoms with Crippen molar-refractivity contribution < 1.29 is 5.11 Å². The standard InChI is InChI=1S/C10H15NO/c1-2-11-10(8-12)9-6-4-3-5-7-9/h3-7,10-12H,2,8H2,1H3. The Hall–Kier alpha value is -0.860. The number of rotatable bonds is 4. The van der Waals surface area contributed by atoms with Gasteiger partial charge in [-0.2, -0.15) is 0 Å². The number of hydrogen-bond acceptors (Lipinski definition) is 2. The van der Waals surface area contributed by atoms with Crippen molar-refractivity contribution in [1.29, 1.82) is 0 Å². The molecule has 1 unspecified atom stereocenters. The van der Waals surface area contributed by atoms with Gasteiger partial charge >= 0.3 is 0 Å². The SMILES string of the molecule is CCNC(CO)c1ccccc1. The van der Waals surface area contributed by atoms with Gasteiger partial charge in [0.2, 0.25) is 0 Å². The van der Waals surface area contributed by atoms with Gasteiger partial charge in [-0.15, -0.1) is 0 Å². The van der Waals surface area contributed by atoms with Gasteiger partial charge < -0.3 is 10.4 Å². The minimum Gasteiger partial charge on any atom is -0.394 e. The maximum atomic E-state index is 9.05. The molecule has 2 heteroatoms. The lowest BCUT2D eigenvalue weighted by atomic mass is 10.1. The maximum Gasteiger partial charge on any atom is 0.0626 e. The van der Waals surface area contributed by atoms with Crippen molar-refractivity contribution in [2.75, 3.05) is 13.2 Å². The minimum absolute atomic E-state index is 0.0798. The predicted molar refractivity (Wildman–Crippen MR) is 49.9 cm³/mol. The van der Waals surface area contributed by atoms with Crippen molar-refractivity contribution in [2.24, 2.45) is 0 Å². The second-order valence-electron chi connectivity index (χ2n) is 2.70. The first-order valence-electron chi connectivity index (χ1n) is 4.27. The van der Waals surface area contributed by atoms with E-state index in [4.69, 9.17) is 5.11 Å². The van der Waals surface area contributed by atoms with Crippen molar-refractivity contribution in [1.82, 2.24) is 5.32 Å². The Morgan fingerprint density at radius 3 is 2.50 bits per heavy atom. The van der Waals surface area contributed by atoms with Gasteiger partial charge in [-0.1, -0.05) is 37.3 Å². The highest BCUT2D eigenvalue weighted by atomic mass is 16.3. The van der Waals surface area contributed by atoms with E-state index in [0.717, 1.165) is 12.1 Å². The van der Waals surface area contributed by atoms with Crippen molar-refractivity contribution >= 4 is 0 Å². The molecule has 0 amide bonds. The highest BCUT2D eigenvalue weighted by Crippen LogP contribution is 2.10. The van der Waals surface area contributed by atoms with Gasteiger partial charge in [-0.25, -0.2) is 0 Å². The Morgan fingerprint density at radius 1 is 1.33 bits per heavy atom. The molecular weight excluding hydrogens is 150 g/mol. The van der Waals surface area contributed by atoms with Gasteiger partial charge in [-0.05, 0) is 12.1 Å². The minimum atomic E-state index is 0.0798. The van der Waals surface area contributed by atoms with E-state index in [1.54, 1.807) is 0 Å². The smallest absolute Gasteiger partial charge is 0.0626 e. The molecule has 0 fully saturated rings. The largest absolute Gasteiger partial charge is 0.394 e. The normalized spacial score (nSPS) is 12.8. The van der Waals surface area contributed by atoms with E-state index in [0.29, 0.717) is 0 Å². The lowest BCUT2D eigenvalue weighted by Crippen LogP contribution is -2.23. The summed E-state index contributed by atoms with van der Waals surface area (Å²) < 4.78 is 0. The molecule has 2 nitrogen and oxygen atoms in total. The quantitative estimate of drug-likeness (QED) is 0.705. The Balaban J connectivity index is 2.66. The molecule has 1 atom stereocenters. The molecule has 0 radical (unpaired) electrons. The van der Waals surface area contributed by atoms with Crippen LogP contribution in [0.2, 0.25) is 0 Å². The summed E-state index contributed by atoms with van der Waals surface area (Å²) in [5, 5.41) is 12.2. The molecular formula is C10H15NO. The lowest BCUT2D eigenvalue weighted by molar-refractivity contribution is 0.246. The van der Waals surface area contributed by atoms with E-state index >= 15 is 0 Å². The Kier molecular flexibility index (Phi) is 3.77. The Morgan fingerprint density at radius 2 is 2.00 bits per heavy atom. The van der Waals surface area contributed by atoms with Crippen LogP contribution in [0.4, 0.5) is 0 Å². The molecule has 0 bridgehead atoms. The van der Waals surface area contributed by atoms with Gasteiger partial charge in [0.25, 0.3) is 0 Å². The van der Waals surface area contributed by atoms with E-state index < -0.39 is 0 Å². The summed E-state index contributed by atoms with van der Waals surface area (Å²) >= 11 is 0. The molecule has 0 spiro atoms. The third-order valence-electron chi connectivity index (χ3n) is 1.84. The molecule has 12 heavy (non-hydrogen) atoms. The monoisotopic (exact) mass is 165 g/mol. The van der Waals surface area contributed by atoms with Crippen LogP contribution in [0.25, 0.3) is 0 Å². The zero-order valence-electron chi connectivity index (χ0n) is 7.33. The third-order valence-corrected chi connectivity index (χ3v) is 1.84. The summed E-state index contributed by atoms with van der Waals surface area (Å²) in [5.74, 6) is 0. The van der Waals surface area contributed by atoms with Crippen LogP contribution < -0.4 is 5.32 Å². The predicted octanol–water partition coefficient (Wildman–Crippen LogP) is 1.33. The fourth-order valence-corrected chi connectivity index (χ4v) is 1.22. The van der Waals surface area contributed by atoms with Crippen molar-refractivity contribution in [3.05, 3.63) is 35.9 Å². The Bertz CT molecular complexity index is 210. The summed E-state index contributed by atoms with van der Waals surface area (Å²) in [5.41, 5.74) is 1.14. The second-order valence-corrected chi connectivity index (χ2v) is 2.70. The summed E-state index contributed by atoms with van der Waals surface area (Å²) in [6.45, 7) is 3.06. The molecule has 0 aliphatic heterocycles. The van der Waals surface area contributed by atoms with Crippen LogP contribution in [-0.2, 0) is 0 Å². The molecule has 0 aromatic heterocycles. The summed E-state index contributed by atoms with van der Waals surface area (Å²) in [7, 11) is 0. The first-order chi connectivity index (χ1) is 5.88. The number of aliphatic hydroxyl groups excluding tert-OH is 1. The van der Waals surface area contributed by atoms with Gasteiger partial charge in [0.1, 0.15) is 0 Å². The van der Waals surface area contributed by atoms with Crippen LogP contribution in [0.15, 0.2) is 30.3 Å². The summed E-state index contributed by atoms with van der Waals surface area (Å²) in [6.07, 6.45) is 0. The number of nitrogens with one attached hydrogen (secondary N) is 1. The number of benzene rings is 1. The van der Waals surface area contributed by atoms with Crippen LogP contribution in [-0.4, -0.2) is 18.3 Å². The zero-order chi connectivity index (χ0) is 8.81. The van der Waals surface area contributed by atoms with Crippen molar-refractivity contribution in [3.8, 4) is 0 Å². The molecule has 1 aromatic carbocycles. The molecule has 0 saturated heterocycles. The van der Waals surface area contributed by atoms with Crippen LogP contribution in [0.1, 0.15) is 18.5 Å². The van der Waals surface area contributed by atoms with E-state index in [2.05, 4.69) is 5.32 Å². The van der Waals surface area contributed by atoms with Gasteiger partial charge in [-0.3, -0.25) is 0 Å². The van der Waals surface area contributed by atoms with Crippen molar-refractivity contribution in [2.45, 2.75) is 13.0 Å². The van der Waals surface area contributed by atoms with Crippen LogP contribution in [0.5, 0.6) is 0 Å². The van der Waals surface area contributed by atoms with Crippen molar-refractivity contribution in [3.63, 3.8) is 0 Å². The molecule has 0 saturated carbocycles. The number of likely N-dealkylation sites (N-methyl/N-ethyl adjacent to an activating group) is 1. The van der Waals surface area contributed by atoms with Gasteiger partial charge in [0.15, 0.2) is 0 Å². The lowest BCUT2D eigenvalue weighted by Gasteiger charge is -2.14. The highest BCUT2D eigenvalue weighted by Gasteiger charge is 2.06. The molecule has 1 rings (SSSR count). The topological polar surface area (TPSA) is 32.3 Å². The third kappa shape index (κ3) is 2.32. The van der Waals surface area contributed by atoms with E-state index in [-0.39, 0.29) is 12.6 Å². The highest BCUT2D eigenvalue weighted by molar-refractivity contribution is 5.18. The number of aliphatic hydroxyl groups is 1. The summed E-state index contributed by atoms with van der Waals surface area (Å²) in [6, 6.07) is 10.1. The van der Waals surface area contributed by atoms with Gasteiger partial charge in [0.05, 0.1) is 12.6 Å². The first kappa shape index (κ1) is 9.23. The van der Waals surface area contributed by atoms with Crippen LogP contribution in [0.3, 0.4) is 0 Å². The molecule has 1 aromatic rings. The zero-order valence-corrected chi connectivity index (χ0v) is 7.33. The molecule has 2 N–H and O–H groups in total. The van der Waals surface area contributed by atoms with E-state index in [1.165, 1.54) is 0 Å². The van der Waals surface area contributed by atoms with E-state index in [1.807, 2.05) is 37.3 Å². The van der Waals surface area contributed by atoms with Crippen LogP contribution >= 0.6 is 0 Å². The molecule has 0 aliphatic rings. The van der Waals surface area contributed by atoms with E-state index in [9.17, 15) is 0 Å². The fourth-order valence-electron chi connectivity index (χ4n) is 1.22. The summed E-state index contributed by atoms with van der Waals surface area (Å²) in [4.78, 5) is 0.